The molecule has 0 saturated heterocycles. The molecular weight excluding hydrogens is 205 g/mol. The van der Waals surface area contributed by atoms with Gasteiger partial charge in [-0.25, -0.2) is 4.39 Å². The smallest absolute Gasteiger partial charge is 0.123 e. The quantitative estimate of drug-likeness (QED) is 0.233. The van der Waals surface area contributed by atoms with Crippen LogP contribution >= 0.6 is 0 Å². The number of benzene rings is 1. The molecule has 1 aromatic rings. The Hall–Kier alpha value is -1.57. The highest BCUT2D eigenvalue weighted by atomic mass is 19.1. The summed E-state index contributed by atoms with van der Waals surface area (Å²) in [5.41, 5.74) is 9.61. The molecule has 0 aromatic heterocycles. The fourth-order valence-electron chi connectivity index (χ4n) is 1.58. The SMILES string of the molecule is C#CCCCC(NN)c1cc(F)ccc1N. The Labute approximate surface area is 95.0 Å². The predicted molar refractivity (Wildman–Crippen MR) is 63.6 cm³/mol. The molecule has 0 radical (unpaired) electrons. The Balaban J connectivity index is 2.78. The van der Waals surface area contributed by atoms with E-state index in [1.165, 1.54) is 18.2 Å². The molecule has 0 amide bonds. The first-order valence-corrected chi connectivity index (χ1v) is 5.13. The van der Waals surface area contributed by atoms with Gasteiger partial charge in [-0.2, -0.15) is 0 Å². The highest BCUT2D eigenvalue weighted by molar-refractivity contribution is 5.48. The number of hydrazine groups is 1. The summed E-state index contributed by atoms with van der Waals surface area (Å²) in [6.07, 6.45) is 7.39. The molecule has 0 aliphatic carbocycles. The standard InChI is InChI=1S/C12H16FN3/c1-2-3-4-5-12(16-15)10-8-9(13)6-7-11(10)14/h1,6-8,12,16H,3-5,14-15H2. The van der Waals surface area contributed by atoms with Crippen molar-refractivity contribution in [1.82, 2.24) is 5.43 Å². The van der Waals surface area contributed by atoms with E-state index in [1.807, 2.05) is 0 Å². The summed E-state index contributed by atoms with van der Waals surface area (Å²) in [5.74, 6) is 7.66. The molecule has 0 heterocycles. The highest BCUT2D eigenvalue weighted by Crippen LogP contribution is 2.24. The Morgan fingerprint density at radius 3 is 2.88 bits per heavy atom. The summed E-state index contributed by atoms with van der Waals surface area (Å²) < 4.78 is 13.1. The van der Waals surface area contributed by atoms with Crippen molar-refractivity contribution in [3.05, 3.63) is 29.6 Å². The van der Waals surface area contributed by atoms with Gasteiger partial charge in [-0.15, -0.1) is 12.3 Å². The van der Waals surface area contributed by atoms with Crippen LogP contribution in [0.2, 0.25) is 0 Å². The Morgan fingerprint density at radius 1 is 1.50 bits per heavy atom. The van der Waals surface area contributed by atoms with Crippen LogP contribution in [0.25, 0.3) is 0 Å². The van der Waals surface area contributed by atoms with Crippen LogP contribution in [0.5, 0.6) is 0 Å². The highest BCUT2D eigenvalue weighted by Gasteiger charge is 2.13. The lowest BCUT2D eigenvalue weighted by molar-refractivity contribution is 0.500. The third kappa shape index (κ3) is 3.23. The monoisotopic (exact) mass is 221 g/mol. The molecule has 4 heteroatoms. The lowest BCUT2D eigenvalue weighted by atomic mass is 10.00. The second-order valence-corrected chi connectivity index (χ2v) is 3.59. The first-order valence-electron chi connectivity index (χ1n) is 5.13. The third-order valence-electron chi connectivity index (χ3n) is 2.44. The molecule has 0 aliphatic heterocycles. The van der Waals surface area contributed by atoms with Gasteiger partial charge >= 0.3 is 0 Å². The van der Waals surface area contributed by atoms with E-state index < -0.39 is 0 Å². The van der Waals surface area contributed by atoms with Gasteiger partial charge in [0, 0.05) is 18.2 Å². The van der Waals surface area contributed by atoms with Crippen molar-refractivity contribution in [3.63, 3.8) is 0 Å². The summed E-state index contributed by atoms with van der Waals surface area (Å²) >= 11 is 0. The Morgan fingerprint density at radius 2 is 2.25 bits per heavy atom. The van der Waals surface area contributed by atoms with E-state index in [9.17, 15) is 4.39 Å². The van der Waals surface area contributed by atoms with Crippen molar-refractivity contribution in [2.75, 3.05) is 5.73 Å². The van der Waals surface area contributed by atoms with Gasteiger partial charge in [-0.1, -0.05) is 0 Å². The molecule has 16 heavy (non-hydrogen) atoms. The number of hydrogen-bond acceptors (Lipinski definition) is 3. The zero-order valence-electron chi connectivity index (χ0n) is 9.04. The topological polar surface area (TPSA) is 64.1 Å². The summed E-state index contributed by atoms with van der Waals surface area (Å²) in [4.78, 5) is 0. The fraction of sp³-hybridized carbons (Fsp3) is 0.333. The van der Waals surface area contributed by atoms with Crippen LogP contribution in [0.15, 0.2) is 18.2 Å². The molecule has 1 atom stereocenters. The normalized spacial score (nSPS) is 12.1. The first kappa shape index (κ1) is 12.5. The molecule has 0 aliphatic rings. The van der Waals surface area contributed by atoms with Crippen LogP contribution in [-0.4, -0.2) is 0 Å². The van der Waals surface area contributed by atoms with Crippen molar-refractivity contribution in [3.8, 4) is 12.3 Å². The van der Waals surface area contributed by atoms with Gasteiger partial charge in [-0.05, 0) is 36.6 Å². The zero-order valence-corrected chi connectivity index (χ0v) is 9.04. The second kappa shape index (κ2) is 6.11. The Kier molecular flexibility index (Phi) is 4.77. The molecule has 1 unspecified atom stereocenters. The van der Waals surface area contributed by atoms with E-state index in [0.717, 1.165) is 12.8 Å². The van der Waals surface area contributed by atoms with Gasteiger partial charge in [0.2, 0.25) is 0 Å². The predicted octanol–water partition coefficient (Wildman–Crippen LogP) is 1.72. The second-order valence-electron chi connectivity index (χ2n) is 3.59. The van der Waals surface area contributed by atoms with Crippen LogP contribution < -0.4 is 17.0 Å². The summed E-state index contributed by atoms with van der Waals surface area (Å²) in [6, 6.07) is 4.10. The number of terminal acetylenes is 1. The lowest BCUT2D eigenvalue weighted by Gasteiger charge is -2.17. The zero-order chi connectivity index (χ0) is 12.0. The minimum absolute atomic E-state index is 0.163. The van der Waals surface area contributed by atoms with E-state index in [0.29, 0.717) is 17.7 Å². The maximum atomic E-state index is 13.1. The molecule has 0 fully saturated rings. The van der Waals surface area contributed by atoms with E-state index >= 15 is 0 Å². The molecule has 0 spiro atoms. The minimum Gasteiger partial charge on any atom is -0.398 e. The average molecular weight is 221 g/mol. The number of unbranched alkanes of at least 4 members (excludes halogenated alkanes) is 1. The van der Waals surface area contributed by atoms with E-state index in [2.05, 4.69) is 11.3 Å². The van der Waals surface area contributed by atoms with Crippen molar-refractivity contribution >= 4 is 5.69 Å². The first-order chi connectivity index (χ1) is 7.69. The number of halogens is 1. The summed E-state index contributed by atoms with van der Waals surface area (Å²) in [5, 5.41) is 0. The van der Waals surface area contributed by atoms with Gasteiger partial charge in [0.05, 0.1) is 0 Å². The van der Waals surface area contributed by atoms with Crippen molar-refractivity contribution in [2.24, 2.45) is 5.84 Å². The summed E-state index contributed by atoms with van der Waals surface area (Å²) in [6.45, 7) is 0. The van der Waals surface area contributed by atoms with Gasteiger partial charge in [0.25, 0.3) is 0 Å². The van der Waals surface area contributed by atoms with Crippen LogP contribution in [0.4, 0.5) is 10.1 Å². The molecule has 0 bridgehead atoms. The molecule has 1 aromatic carbocycles. The third-order valence-corrected chi connectivity index (χ3v) is 2.44. The molecular formula is C12H16FN3. The number of anilines is 1. The fourth-order valence-corrected chi connectivity index (χ4v) is 1.58. The number of nitrogens with one attached hydrogen (secondary N) is 1. The van der Waals surface area contributed by atoms with E-state index in [4.69, 9.17) is 18.0 Å². The van der Waals surface area contributed by atoms with E-state index in [1.54, 1.807) is 0 Å². The molecule has 5 N–H and O–H groups in total. The average Bonchev–Trinajstić information content (AvgIpc) is 2.28. The van der Waals surface area contributed by atoms with Crippen molar-refractivity contribution in [1.29, 1.82) is 0 Å². The molecule has 0 saturated carbocycles. The lowest BCUT2D eigenvalue weighted by Crippen LogP contribution is -2.28. The van der Waals surface area contributed by atoms with Crippen molar-refractivity contribution in [2.45, 2.75) is 25.3 Å². The largest absolute Gasteiger partial charge is 0.398 e. The number of hydrogen-bond donors (Lipinski definition) is 3. The van der Waals surface area contributed by atoms with Crippen LogP contribution in [-0.2, 0) is 0 Å². The summed E-state index contributed by atoms with van der Waals surface area (Å²) in [7, 11) is 0. The molecule has 1 rings (SSSR count). The van der Waals surface area contributed by atoms with Crippen molar-refractivity contribution < 1.29 is 4.39 Å². The van der Waals surface area contributed by atoms with Gasteiger partial charge in [-0.3, -0.25) is 11.3 Å². The van der Waals surface area contributed by atoms with Gasteiger partial charge in [0.15, 0.2) is 0 Å². The number of nitrogen functional groups attached to an aromatic ring is 1. The van der Waals surface area contributed by atoms with Crippen LogP contribution in [0.3, 0.4) is 0 Å². The number of rotatable bonds is 5. The maximum absolute atomic E-state index is 13.1. The van der Waals surface area contributed by atoms with Crippen LogP contribution in [0, 0.1) is 18.2 Å². The van der Waals surface area contributed by atoms with Crippen LogP contribution in [0.1, 0.15) is 30.9 Å². The minimum atomic E-state index is -0.318. The van der Waals surface area contributed by atoms with Gasteiger partial charge in [0.1, 0.15) is 5.82 Å². The molecule has 3 nitrogen and oxygen atoms in total. The molecule has 86 valence electrons. The van der Waals surface area contributed by atoms with E-state index in [-0.39, 0.29) is 11.9 Å². The Bertz CT molecular complexity index is 384. The van der Waals surface area contributed by atoms with Gasteiger partial charge < -0.3 is 5.73 Å². The number of nitrogens with two attached hydrogens (primary N) is 2. The maximum Gasteiger partial charge on any atom is 0.123 e.